The SMILES string of the molecule is COc1cc(C(=O)NC(C)C(O)c2ccc(F)c(F)c2)ccc1C. The highest BCUT2D eigenvalue weighted by Crippen LogP contribution is 2.21. The van der Waals surface area contributed by atoms with Crippen LogP contribution in [0.15, 0.2) is 36.4 Å². The highest BCUT2D eigenvalue weighted by Gasteiger charge is 2.20. The molecular formula is C18H19F2NO3. The minimum absolute atomic E-state index is 0.184. The third-order valence-electron chi connectivity index (χ3n) is 3.79. The molecule has 2 unspecified atom stereocenters. The fourth-order valence-corrected chi connectivity index (χ4v) is 2.32. The summed E-state index contributed by atoms with van der Waals surface area (Å²) in [6, 6.07) is 7.43. The Hall–Kier alpha value is -2.47. The van der Waals surface area contributed by atoms with Crippen molar-refractivity contribution in [2.45, 2.75) is 26.0 Å². The molecule has 2 aromatic rings. The first kappa shape index (κ1) is 17.9. The topological polar surface area (TPSA) is 58.6 Å². The van der Waals surface area contributed by atoms with Crippen molar-refractivity contribution in [3.8, 4) is 5.75 Å². The second-order valence-corrected chi connectivity index (χ2v) is 5.56. The van der Waals surface area contributed by atoms with E-state index in [0.717, 1.165) is 17.7 Å². The molecule has 0 spiro atoms. The van der Waals surface area contributed by atoms with E-state index in [1.54, 1.807) is 25.1 Å². The summed E-state index contributed by atoms with van der Waals surface area (Å²) in [5.74, 6) is -1.86. The molecule has 0 fully saturated rings. The first-order chi connectivity index (χ1) is 11.3. The van der Waals surface area contributed by atoms with Gasteiger partial charge >= 0.3 is 0 Å². The number of aliphatic hydroxyl groups is 1. The highest BCUT2D eigenvalue weighted by atomic mass is 19.2. The Labute approximate surface area is 139 Å². The molecule has 0 bridgehead atoms. The van der Waals surface area contributed by atoms with Crippen LogP contribution in [0.5, 0.6) is 5.75 Å². The lowest BCUT2D eigenvalue weighted by atomic mass is 10.0. The lowest BCUT2D eigenvalue weighted by Gasteiger charge is -2.21. The summed E-state index contributed by atoms with van der Waals surface area (Å²) in [7, 11) is 1.51. The number of rotatable bonds is 5. The van der Waals surface area contributed by atoms with Gasteiger partial charge in [0, 0.05) is 5.56 Å². The van der Waals surface area contributed by atoms with Crippen LogP contribution in [0.2, 0.25) is 0 Å². The zero-order chi connectivity index (χ0) is 17.9. The second kappa shape index (κ2) is 7.40. The van der Waals surface area contributed by atoms with Crippen LogP contribution in [-0.4, -0.2) is 24.2 Å². The number of aliphatic hydroxyl groups excluding tert-OH is 1. The Bertz CT molecular complexity index is 749. The Morgan fingerprint density at radius 1 is 1.17 bits per heavy atom. The fourth-order valence-electron chi connectivity index (χ4n) is 2.32. The molecular weight excluding hydrogens is 316 g/mol. The number of aryl methyl sites for hydroxylation is 1. The summed E-state index contributed by atoms with van der Waals surface area (Å²) in [4.78, 5) is 12.3. The largest absolute Gasteiger partial charge is 0.496 e. The molecule has 0 saturated heterocycles. The van der Waals surface area contributed by atoms with Crippen LogP contribution >= 0.6 is 0 Å². The van der Waals surface area contributed by atoms with Gasteiger partial charge < -0.3 is 15.2 Å². The van der Waals surface area contributed by atoms with Crippen LogP contribution < -0.4 is 10.1 Å². The van der Waals surface area contributed by atoms with E-state index in [-0.39, 0.29) is 5.56 Å². The predicted octanol–water partition coefficient (Wildman–Crippen LogP) is 3.13. The molecule has 24 heavy (non-hydrogen) atoms. The summed E-state index contributed by atoms with van der Waals surface area (Å²) in [6.07, 6.45) is -1.17. The number of hydrogen-bond acceptors (Lipinski definition) is 3. The predicted molar refractivity (Wildman–Crippen MR) is 86.0 cm³/mol. The van der Waals surface area contributed by atoms with Crippen LogP contribution in [-0.2, 0) is 0 Å². The van der Waals surface area contributed by atoms with Crippen molar-refractivity contribution in [1.29, 1.82) is 0 Å². The number of hydrogen-bond donors (Lipinski definition) is 2. The van der Waals surface area contributed by atoms with Crippen molar-refractivity contribution in [3.05, 3.63) is 64.7 Å². The molecule has 2 aromatic carbocycles. The fraction of sp³-hybridized carbons (Fsp3) is 0.278. The number of ether oxygens (including phenoxy) is 1. The van der Waals surface area contributed by atoms with E-state index >= 15 is 0 Å². The van der Waals surface area contributed by atoms with Gasteiger partial charge in [-0.15, -0.1) is 0 Å². The maximum absolute atomic E-state index is 13.3. The second-order valence-electron chi connectivity index (χ2n) is 5.56. The molecule has 0 saturated carbocycles. The van der Waals surface area contributed by atoms with Gasteiger partial charge in [-0.3, -0.25) is 4.79 Å². The first-order valence-corrected chi connectivity index (χ1v) is 7.42. The zero-order valence-corrected chi connectivity index (χ0v) is 13.6. The number of carbonyl (C=O) groups excluding carboxylic acids is 1. The Morgan fingerprint density at radius 2 is 1.88 bits per heavy atom. The van der Waals surface area contributed by atoms with Gasteiger partial charge in [0.15, 0.2) is 11.6 Å². The van der Waals surface area contributed by atoms with Gasteiger partial charge in [-0.2, -0.15) is 0 Å². The normalized spacial score (nSPS) is 13.2. The molecule has 0 radical (unpaired) electrons. The Kier molecular flexibility index (Phi) is 5.51. The summed E-state index contributed by atoms with van der Waals surface area (Å²) in [5.41, 5.74) is 1.45. The average Bonchev–Trinajstić information content (AvgIpc) is 2.56. The van der Waals surface area contributed by atoms with Gasteiger partial charge in [-0.1, -0.05) is 12.1 Å². The molecule has 0 aliphatic heterocycles. The molecule has 0 aromatic heterocycles. The van der Waals surface area contributed by atoms with Crippen LogP contribution in [0.3, 0.4) is 0 Å². The van der Waals surface area contributed by atoms with Crippen LogP contribution in [0.4, 0.5) is 8.78 Å². The molecule has 2 atom stereocenters. The third kappa shape index (κ3) is 3.89. The summed E-state index contributed by atoms with van der Waals surface area (Å²) >= 11 is 0. The van der Waals surface area contributed by atoms with E-state index in [1.165, 1.54) is 13.2 Å². The minimum atomic E-state index is -1.17. The van der Waals surface area contributed by atoms with E-state index < -0.39 is 29.7 Å². The molecule has 2 rings (SSSR count). The zero-order valence-electron chi connectivity index (χ0n) is 13.6. The first-order valence-electron chi connectivity index (χ1n) is 7.42. The molecule has 0 heterocycles. The van der Waals surface area contributed by atoms with E-state index in [1.807, 2.05) is 6.92 Å². The molecule has 2 N–H and O–H groups in total. The van der Waals surface area contributed by atoms with Crippen molar-refractivity contribution >= 4 is 5.91 Å². The average molecular weight is 335 g/mol. The number of methoxy groups -OCH3 is 1. The number of amides is 1. The Morgan fingerprint density at radius 3 is 2.50 bits per heavy atom. The van der Waals surface area contributed by atoms with E-state index in [0.29, 0.717) is 11.3 Å². The van der Waals surface area contributed by atoms with Crippen LogP contribution in [0, 0.1) is 18.6 Å². The van der Waals surface area contributed by atoms with Crippen molar-refractivity contribution in [2.24, 2.45) is 0 Å². The van der Waals surface area contributed by atoms with Crippen molar-refractivity contribution in [2.75, 3.05) is 7.11 Å². The maximum atomic E-state index is 13.3. The van der Waals surface area contributed by atoms with E-state index in [9.17, 15) is 18.7 Å². The standard InChI is InChI=1S/C18H19F2NO3/c1-10-4-5-13(9-16(10)24-3)18(23)21-11(2)17(22)12-6-7-14(19)15(20)8-12/h4-9,11,17,22H,1-3H3,(H,21,23). The van der Waals surface area contributed by atoms with Gasteiger partial charge in [0.2, 0.25) is 0 Å². The minimum Gasteiger partial charge on any atom is -0.496 e. The lowest BCUT2D eigenvalue weighted by molar-refractivity contribution is 0.0851. The summed E-state index contributed by atoms with van der Waals surface area (Å²) in [5, 5.41) is 12.9. The molecule has 1 amide bonds. The Balaban J connectivity index is 2.11. The monoisotopic (exact) mass is 335 g/mol. The number of carbonyl (C=O) groups is 1. The van der Waals surface area contributed by atoms with Gasteiger partial charge in [0.05, 0.1) is 19.3 Å². The van der Waals surface area contributed by atoms with Gasteiger partial charge in [0.1, 0.15) is 5.75 Å². The van der Waals surface area contributed by atoms with Crippen molar-refractivity contribution < 1.29 is 23.4 Å². The smallest absolute Gasteiger partial charge is 0.251 e. The molecule has 128 valence electrons. The van der Waals surface area contributed by atoms with Crippen LogP contribution in [0.25, 0.3) is 0 Å². The van der Waals surface area contributed by atoms with Crippen LogP contribution in [0.1, 0.15) is 34.5 Å². The number of nitrogens with one attached hydrogen (secondary N) is 1. The maximum Gasteiger partial charge on any atom is 0.251 e. The number of halogens is 2. The molecule has 4 nitrogen and oxygen atoms in total. The highest BCUT2D eigenvalue weighted by molar-refractivity contribution is 5.94. The summed E-state index contributed by atoms with van der Waals surface area (Å²) < 4.78 is 31.4. The summed E-state index contributed by atoms with van der Waals surface area (Å²) in [6.45, 7) is 3.44. The van der Waals surface area contributed by atoms with E-state index in [4.69, 9.17) is 4.74 Å². The number of benzene rings is 2. The third-order valence-corrected chi connectivity index (χ3v) is 3.79. The van der Waals surface area contributed by atoms with Gasteiger partial charge in [0.25, 0.3) is 5.91 Å². The van der Waals surface area contributed by atoms with Gasteiger partial charge in [-0.05, 0) is 49.2 Å². The van der Waals surface area contributed by atoms with Gasteiger partial charge in [-0.25, -0.2) is 8.78 Å². The van der Waals surface area contributed by atoms with E-state index in [2.05, 4.69) is 5.32 Å². The quantitative estimate of drug-likeness (QED) is 0.882. The lowest BCUT2D eigenvalue weighted by Crippen LogP contribution is -2.37. The molecule has 6 heteroatoms. The van der Waals surface area contributed by atoms with Crippen molar-refractivity contribution in [3.63, 3.8) is 0 Å². The molecule has 0 aliphatic carbocycles. The van der Waals surface area contributed by atoms with Crippen molar-refractivity contribution in [1.82, 2.24) is 5.32 Å². The molecule has 0 aliphatic rings.